The topological polar surface area (TPSA) is 12.0 Å². The van der Waals surface area contributed by atoms with Crippen molar-refractivity contribution in [1.82, 2.24) is 0 Å². The van der Waals surface area contributed by atoms with Gasteiger partial charge in [0.15, 0.2) is 0 Å². The van der Waals surface area contributed by atoms with Crippen molar-refractivity contribution in [3.63, 3.8) is 0 Å². The molecule has 3 aromatic rings. The summed E-state index contributed by atoms with van der Waals surface area (Å²) in [6, 6.07) is 23.3. The van der Waals surface area contributed by atoms with E-state index in [-0.39, 0.29) is 0 Å². The lowest BCUT2D eigenvalue weighted by Crippen LogP contribution is -1.96. The maximum atomic E-state index is 3.57. The molecule has 0 aromatic heterocycles. The highest BCUT2D eigenvalue weighted by atomic mass is 14.9. The summed E-state index contributed by atoms with van der Waals surface area (Å²) in [5.74, 6) is 0. The number of hydrogen-bond donors (Lipinski definition) is 1. The van der Waals surface area contributed by atoms with E-state index in [1.54, 1.807) is 0 Å². The van der Waals surface area contributed by atoms with Crippen LogP contribution in [0.4, 0.5) is 11.4 Å². The van der Waals surface area contributed by atoms with Gasteiger partial charge in [0.1, 0.15) is 0 Å². The van der Waals surface area contributed by atoms with Crippen molar-refractivity contribution < 1.29 is 0 Å². The van der Waals surface area contributed by atoms with Crippen molar-refractivity contribution in [3.8, 4) is 0 Å². The Kier molecular flexibility index (Phi) is 3.20. The van der Waals surface area contributed by atoms with Gasteiger partial charge in [-0.05, 0) is 29.5 Å². The fourth-order valence-corrected chi connectivity index (χ4v) is 2.42. The monoisotopic (exact) mass is 247 g/mol. The smallest absolute Gasteiger partial charge is 0.0496 e. The Hall–Kier alpha value is -2.28. The predicted molar refractivity (Wildman–Crippen MR) is 83.1 cm³/mol. The summed E-state index contributed by atoms with van der Waals surface area (Å²) < 4.78 is 0. The van der Waals surface area contributed by atoms with Gasteiger partial charge in [-0.2, -0.15) is 0 Å². The van der Waals surface area contributed by atoms with Crippen LogP contribution in [0.2, 0.25) is 0 Å². The number of rotatable bonds is 3. The van der Waals surface area contributed by atoms with Crippen LogP contribution in [0.3, 0.4) is 0 Å². The molecule has 0 radical (unpaired) electrons. The summed E-state index contributed by atoms with van der Waals surface area (Å²) in [5.41, 5.74) is 3.71. The highest BCUT2D eigenvalue weighted by molar-refractivity contribution is 5.97. The molecule has 0 spiro atoms. The van der Waals surface area contributed by atoms with Crippen LogP contribution in [-0.2, 0) is 6.42 Å². The van der Waals surface area contributed by atoms with E-state index in [1.807, 2.05) is 6.07 Å². The Morgan fingerprint density at radius 3 is 2.32 bits per heavy atom. The summed E-state index contributed by atoms with van der Waals surface area (Å²) in [6.45, 7) is 2.19. The zero-order valence-electron chi connectivity index (χ0n) is 11.1. The molecule has 94 valence electrons. The molecule has 0 aliphatic carbocycles. The highest BCUT2D eigenvalue weighted by Gasteiger charge is 2.06. The van der Waals surface area contributed by atoms with Crippen molar-refractivity contribution in [2.24, 2.45) is 0 Å². The average Bonchev–Trinajstić information content (AvgIpc) is 2.49. The third-order valence-electron chi connectivity index (χ3n) is 3.44. The van der Waals surface area contributed by atoms with Crippen LogP contribution in [0.1, 0.15) is 12.5 Å². The molecule has 0 fully saturated rings. The quantitative estimate of drug-likeness (QED) is 0.675. The predicted octanol–water partition coefficient (Wildman–Crippen LogP) is 5.15. The van der Waals surface area contributed by atoms with Crippen LogP contribution in [0.25, 0.3) is 10.8 Å². The Morgan fingerprint density at radius 1 is 0.789 bits per heavy atom. The van der Waals surface area contributed by atoms with Gasteiger partial charge in [0, 0.05) is 16.8 Å². The molecule has 1 nitrogen and oxygen atoms in total. The first-order valence-electron chi connectivity index (χ1n) is 6.71. The zero-order chi connectivity index (χ0) is 13.1. The molecule has 0 saturated heterocycles. The number of hydrogen-bond acceptors (Lipinski definition) is 1. The van der Waals surface area contributed by atoms with E-state index >= 15 is 0 Å². The van der Waals surface area contributed by atoms with E-state index < -0.39 is 0 Å². The van der Waals surface area contributed by atoms with Gasteiger partial charge in [0.05, 0.1) is 0 Å². The number of fused-ring (bicyclic) bond motifs is 1. The third kappa shape index (κ3) is 2.32. The summed E-state index contributed by atoms with van der Waals surface area (Å²) >= 11 is 0. The van der Waals surface area contributed by atoms with Gasteiger partial charge < -0.3 is 5.32 Å². The van der Waals surface area contributed by atoms with Gasteiger partial charge in [0.2, 0.25) is 0 Å². The molecule has 0 saturated carbocycles. The van der Waals surface area contributed by atoms with Gasteiger partial charge in [-0.1, -0.05) is 61.5 Å². The number of nitrogens with one attached hydrogen (secondary N) is 1. The molecular formula is C18H17N. The van der Waals surface area contributed by atoms with Crippen molar-refractivity contribution in [3.05, 3.63) is 72.3 Å². The van der Waals surface area contributed by atoms with E-state index in [0.717, 1.165) is 12.1 Å². The van der Waals surface area contributed by atoms with Crippen molar-refractivity contribution >= 4 is 22.1 Å². The van der Waals surface area contributed by atoms with Crippen LogP contribution < -0.4 is 5.32 Å². The van der Waals surface area contributed by atoms with E-state index in [9.17, 15) is 0 Å². The maximum absolute atomic E-state index is 3.57. The summed E-state index contributed by atoms with van der Waals surface area (Å²) in [6.07, 6.45) is 1.03. The lowest BCUT2D eigenvalue weighted by Gasteiger charge is -2.14. The minimum Gasteiger partial charge on any atom is -0.355 e. The molecule has 3 rings (SSSR count). The number of benzene rings is 3. The Balaban J connectivity index is 2.15. The lowest BCUT2D eigenvalue weighted by molar-refractivity contribution is 1.15. The van der Waals surface area contributed by atoms with Crippen LogP contribution in [0.15, 0.2) is 66.7 Å². The molecule has 1 N–H and O–H groups in total. The molecular weight excluding hydrogens is 230 g/mol. The first kappa shape index (κ1) is 11.8. The van der Waals surface area contributed by atoms with Gasteiger partial charge in [-0.15, -0.1) is 0 Å². The summed E-state index contributed by atoms with van der Waals surface area (Å²) in [5, 5.41) is 6.13. The van der Waals surface area contributed by atoms with Gasteiger partial charge in [0.25, 0.3) is 0 Å². The standard InChI is InChI=1S/C18H17N/c1-2-14-12-13-15-8-6-7-11-17(15)18(14)19-16-9-4-3-5-10-16/h3-13,19H,2H2,1H3. The van der Waals surface area contributed by atoms with Crippen LogP contribution in [-0.4, -0.2) is 0 Å². The first-order chi connectivity index (χ1) is 9.38. The van der Waals surface area contributed by atoms with Gasteiger partial charge in [-0.25, -0.2) is 0 Å². The molecule has 0 amide bonds. The molecule has 1 heteroatoms. The molecule has 0 unspecified atom stereocenters. The molecule has 0 heterocycles. The zero-order valence-corrected chi connectivity index (χ0v) is 11.1. The number of anilines is 2. The van der Waals surface area contributed by atoms with Crippen LogP contribution in [0, 0.1) is 0 Å². The Bertz CT molecular complexity index is 686. The normalized spacial score (nSPS) is 10.6. The first-order valence-corrected chi connectivity index (χ1v) is 6.71. The fourth-order valence-electron chi connectivity index (χ4n) is 2.42. The lowest BCUT2D eigenvalue weighted by atomic mass is 10.0. The molecule has 0 bridgehead atoms. The van der Waals surface area contributed by atoms with E-state index in [4.69, 9.17) is 0 Å². The average molecular weight is 247 g/mol. The fraction of sp³-hybridized carbons (Fsp3) is 0.111. The molecule has 0 atom stereocenters. The highest BCUT2D eigenvalue weighted by Crippen LogP contribution is 2.30. The van der Waals surface area contributed by atoms with E-state index in [2.05, 4.69) is 72.9 Å². The second-order valence-corrected chi connectivity index (χ2v) is 4.67. The Morgan fingerprint density at radius 2 is 1.53 bits per heavy atom. The minimum absolute atomic E-state index is 1.03. The van der Waals surface area contributed by atoms with Crippen molar-refractivity contribution in [2.75, 3.05) is 5.32 Å². The molecule has 0 aliphatic heterocycles. The Labute approximate surface area is 113 Å². The summed E-state index contributed by atoms with van der Waals surface area (Å²) in [7, 11) is 0. The number of aryl methyl sites for hydroxylation is 1. The summed E-state index contributed by atoms with van der Waals surface area (Å²) in [4.78, 5) is 0. The number of para-hydroxylation sites is 1. The SMILES string of the molecule is CCc1ccc2ccccc2c1Nc1ccccc1. The second-order valence-electron chi connectivity index (χ2n) is 4.67. The minimum atomic E-state index is 1.03. The molecule has 19 heavy (non-hydrogen) atoms. The van der Waals surface area contributed by atoms with Crippen LogP contribution >= 0.6 is 0 Å². The maximum Gasteiger partial charge on any atom is 0.0496 e. The van der Waals surface area contributed by atoms with E-state index in [1.165, 1.54) is 22.0 Å². The van der Waals surface area contributed by atoms with E-state index in [0.29, 0.717) is 0 Å². The largest absolute Gasteiger partial charge is 0.355 e. The van der Waals surface area contributed by atoms with Crippen LogP contribution in [0.5, 0.6) is 0 Å². The second kappa shape index (κ2) is 5.15. The van der Waals surface area contributed by atoms with Crippen molar-refractivity contribution in [2.45, 2.75) is 13.3 Å². The molecule has 0 aliphatic rings. The van der Waals surface area contributed by atoms with Gasteiger partial charge in [-0.3, -0.25) is 0 Å². The van der Waals surface area contributed by atoms with Gasteiger partial charge >= 0.3 is 0 Å². The van der Waals surface area contributed by atoms with Crippen molar-refractivity contribution in [1.29, 1.82) is 0 Å². The third-order valence-corrected chi connectivity index (χ3v) is 3.44. The molecule has 3 aromatic carbocycles.